The SMILES string of the molecule is Cc1ccc(N2CCN(c3nc(N4CCCCC4)nc(N4CCCCC4)n3)CC2C)cc1. The average Bonchev–Trinajstić information content (AvgIpc) is 2.85. The predicted molar refractivity (Wildman–Crippen MR) is 132 cm³/mol. The predicted octanol–water partition coefficient (Wildman–Crippen LogP) is 3.88. The molecule has 0 aliphatic carbocycles. The summed E-state index contributed by atoms with van der Waals surface area (Å²) in [6, 6.07) is 9.30. The molecule has 0 saturated carbocycles. The topological polar surface area (TPSA) is 51.6 Å². The van der Waals surface area contributed by atoms with E-state index in [2.05, 4.69) is 57.7 Å². The monoisotopic (exact) mass is 435 g/mol. The molecule has 5 rings (SSSR count). The van der Waals surface area contributed by atoms with Crippen molar-refractivity contribution in [2.45, 2.75) is 58.4 Å². The van der Waals surface area contributed by atoms with Crippen molar-refractivity contribution in [3.8, 4) is 0 Å². The Bertz CT molecular complexity index is 851. The second-order valence-electron chi connectivity index (χ2n) is 9.65. The lowest BCUT2D eigenvalue weighted by Gasteiger charge is -2.41. The Kier molecular flexibility index (Phi) is 6.32. The lowest BCUT2D eigenvalue weighted by atomic mass is 10.1. The lowest BCUT2D eigenvalue weighted by Crippen LogP contribution is -2.52. The van der Waals surface area contributed by atoms with Crippen molar-refractivity contribution in [3.05, 3.63) is 29.8 Å². The molecule has 3 fully saturated rings. The fourth-order valence-electron chi connectivity index (χ4n) is 5.21. The van der Waals surface area contributed by atoms with E-state index in [9.17, 15) is 0 Å². The van der Waals surface area contributed by atoms with Gasteiger partial charge in [0.25, 0.3) is 0 Å². The largest absolute Gasteiger partial charge is 0.365 e. The number of anilines is 4. The van der Waals surface area contributed by atoms with E-state index in [0.29, 0.717) is 6.04 Å². The van der Waals surface area contributed by atoms with E-state index in [1.807, 2.05) is 0 Å². The van der Waals surface area contributed by atoms with Gasteiger partial charge in [-0.1, -0.05) is 17.7 Å². The van der Waals surface area contributed by atoms with Crippen molar-refractivity contribution in [3.63, 3.8) is 0 Å². The van der Waals surface area contributed by atoms with Crippen molar-refractivity contribution in [1.29, 1.82) is 0 Å². The van der Waals surface area contributed by atoms with Gasteiger partial charge in [-0.25, -0.2) is 0 Å². The van der Waals surface area contributed by atoms with Crippen LogP contribution in [0.2, 0.25) is 0 Å². The minimum absolute atomic E-state index is 0.403. The van der Waals surface area contributed by atoms with Crippen LogP contribution >= 0.6 is 0 Å². The summed E-state index contributed by atoms with van der Waals surface area (Å²) in [6.07, 6.45) is 7.54. The normalized spacial score (nSPS) is 22.4. The molecule has 32 heavy (non-hydrogen) atoms. The van der Waals surface area contributed by atoms with Crippen LogP contribution in [0.5, 0.6) is 0 Å². The number of benzene rings is 1. The van der Waals surface area contributed by atoms with Gasteiger partial charge in [-0.15, -0.1) is 0 Å². The van der Waals surface area contributed by atoms with Crippen molar-refractivity contribution in [2.24, 2.45) is 0 Å². The number of rotatable bonds is 4. The van der Waals surface area contributed by atoms with E-state index in [1.54, 1.807) is 0 Å². The maximum absolute atomic E-state index is 5.00. The molecule has 0 radical (unpaired) electrons. The van der Waals surface area contributed by atoms with Gasteiger partial charge in [-0.2, -0.15) is 15.0 Å². The average molecular weight is 436 g/mol. The quantitative estimate of drug-likeness (QED) is 0.722. The first kappa shape index (κ1) is 21.3. The van der Waals surface area contributed by atoms with Crippen LogP contribution < -0.4 is 19.6 Å². The molecule has 3 aliphatic rings. The van der Waals surface area contributed by atoms with E-state index in [4.69, 9.17) is 15.0 Å². The molecule has 7 nitrogen and oxygen atoms in total. The zero-order valence-corrected chi connectivity index (χ0v) is 19.7. The van der Waals surface area contributed by atoms with E-state index in [-0.39, 0.29) is 0 Å². The van der Waals surface area contributed by atoms with Crippen molar-refractivity contribution in [2.75, 3.05) is 65.4 Å². The summed E-state index contributed by atoms with van der Waals surface area (Å²) < 4.78 is 0. The maximum Gasteiger partial charge on any atom is 0.232 e. The van der Waals surface area contributed by atoms with Crippen molar-refractivity contribution < 1.29 is 0 Å². The number of nitrogens with zero attached hydrogens (tertiary/aromatic N) is 7. The molecule has 1 aromatic carbocycles. The van der Waals surface area contributed by atoms with E-state index < -0.39 is 0 Å². The zero-order chi connectivity index (χ0) is 21.9. The second kappa shape index (κ2) is 9.51. The molecule has 3 saturated heterocycles. The summed E-state index contributed by atoms with van der Waals surface area (Å²) in [4.78, 5) is 24.6. The van der Waals surface area contributed by atoms with Gasteiger partial charge in [0.2, 0.25) is 17.8 Å². The molecule has 7 heteroatoms. The van der Waals surface area contributed by atoms with Crippen LogP contribution in [0.25, 0.3) is 0 Å². The number of piperazine rings is 1. The van der Waals surface area contributed by atoms with Crippen LogP contribution in [-0.2, 0) is 0 Å². The molecule has 172 valence electrons. The van der Waals surface area contributed by atoms with Crippen LogP contribution in [0.1, 0.15) is 51.0 Å². The molecular formula is C25H37N7. The smallest absolute Gasteiger partial charge is 0.232 e. The number of piperidine rings is 2. The maximum atomic E-state index is 5.00. The van der Waals surface area contributed by atoms with Gasteiger partial charge in [0.15, 0.2) is 0 Å². The van der Waals surface area contributed by atoms with Gasteiger partial charge in [0, 0.05) is 57.5 Å². The molecule has 1 unspecified atom stereocenters. The number of aromatic nitrogens is 3. The van der Waals surface area contributed by atoms with Crippen molar-refractivity contribution >= 4 is 23.5 Å². The Morgan fingerprint density at radius 2 is 1.12 bits per heavy atom. The highest BCUT2D eigenvalue weighted by atomic mass is 15.4. The fraction of sp³-hybridized carbons (Fsp3) is 0.640. The third-order valence-electron chi connectivity index (χ3n) is 7.15. The Balaban J connectivity index is 1.38. The van der Waals surface area contributed by atoms with Crippen LogP contribution in [0, 0.1) is 6.92 Å². The van der Waals surface area contributed by atoms with Gasteiger partial charge in [-0.05, 0) is 64.5 Å². The highest BCUT2D eigenvalue weighted by Crippen LogP contribution is 2.27. The second-order valence-corrected chi connectivity index (χ2v) is 9.65. The number of hydrogen-bond donors (Lipinski definition) is 0. The molecule has 0 bridgehead atoms. The van der Waals surface area contributed by atoms with Gasteiger partial charge < -0.3 is 19.6 Å². The summed E-state index contributed by atoms with van der Waals surface area (Å²) in [5.74, 6) is 2.62. The first-order valence-corrected chi connectivity index (χ1v) is 12.5. The number of aryl methyl sites for hydroxylation is 1. The Morgan fingerprint density at radius 1 is 0.625 bits per heavy atom. The van der Waals surface area contributed by atoms with Crippen LogP contribution in [0.3, 0.4) is 0 Å². The van der Waals surface area contributed by atoms with Crippen molar-refractivity contribution in [1.82, 2.24) is 15.0 Å². The van der Waals surface area contributed by atoms with Gasteiger partial charge >= 0.3 is 0 Å². The van der Waals surface area contributed by atoms with E-state index in [0.717, 1.165) is 63.7 Å². The molecule has 0 N–H and O–H groups in total. The fourth-order valence-corrected chi connectivity index (χ4v) is 5.21. The zero-order valence-electron chi connectivity index (χ0n) is 19.7. The first-order chi connectivity index (χ1) is 15.7. The summed E-state index contributed by atoms with van der Waals surface area (Å²) in [6.45, 7) is 11.5. The van der Waals surface area contributed by atoms with Gasteiger partial charge in [0.05, 0.1) is 0 Å². The molecule has 0 amide bonds. The third-order valence-corrected chi connectivity index (χ3v) is 7.15. The molecule has 4 heterocycles. The lowest BCUT2D eigenvalue weighted by molar-refractivity contribution is 0.534. The Morgan fingerprint density at radius 3 is 1.62 bits per heavy atom. The summed E-state index contributed by atoms with van der Waals surface area (Å²) in [7, 11) is 0. The molecule has 3 aliphatic heterocycles. The summed E-state index contributed by atoms with van der Waals surface area (Å²) in [5, 5.41) is 0. The minimum atomic E-state index is 0.403. The van der Waals surface area contributed by atoms with Crippen LogP contribution in [0.15, 0.2) is 24.3 Å². The highest BCUT2D eigenvalue weighted by molar-refractivity contribution is 5.52. The first-order valence-electron chi connectivity index (χ1n) is 12.5. The van der Waals surface area contributed by atoms with Gasteiger partial charge in [0.1, 0.15) is 0 Å². The third kappa shape index (κ3) is 4.62. The van der Waals surface area contributed by atoms with Crippen LogP contribution in [0.4, 0.5) is 23.5 Å². The van der Waals surface area contributed by atoms with E-state index >= 15 is 0 Å². The standard InChI is InChI=1S/C25H37N7/c1-20-9-11-22(12-10-20)32-18-17-31(19-21(32)2)25-27-23(29-13-5-3-6-14-29)26-24(28-25)30-15-7-4-8-16-30/h9-12,21H,3-8,13-19H2,1-2H3. The van der Waals surface area contributed by atoms with Crippen LogP contribution in [-0.4, -0.2) is 66.8 Å². The summed E-state index contributed by atoms with van der Waals surface area (Å²) in [5.41, 5.74) is 2.61. The molecule has 2 aromatic rings. The molecular weight excluding hydrogens is 398 g/mol. The highest BCUT2D eigenvalue weighted by Gasteiger charge is 2.28. The number of hydrogen-bond acceptors (Lipinski definition) is 7. The molecule has 1 aromatic heterocycles. The Hall–Kier alpha value is -2.57. The summed E-state index contributed by atoms with van der Waals surface area (Å²) >= 11 is 0. The van der Waals surface area contributed by atoms with E-state index in [1.165, 1.54) is 49.8 Å². The minimum Gasteiger partial charge on any atom is -0.365 e. The Labute approximate surface area is 192 Å². The van der Waals surface area contributed by atoms with Gasteiger partial charge in [-0.3, -0.25) is 0 Å². The molecule has 0 spiro atoms. The molecule has 1 atom stereocenters.